The molecule has 0 radical (unpaired) electrons. The molecule has 29 heavy (non-hydrogen) atoms. The van der Waals surface area contributed by atoms with E-state index in [9.17, 15) is 18.3 Å². The standard InChI is InChI=1S/C20H20N4O4S/c21-15-6-8-16(9-7-15)29(27,28)24-20(22)23-12-17-18(25)10-14(11-19(17)26)13-4-2-1-3-5-13/h1-9,12,14,25H,10-11,21H2,(H2,22,24)/p+1/b23-12+. The van der Waals surface area contributed by atoms with Crippen molar-refractivity contribution in [2.24, 2.45) is 10.7 Å². The molecule has 3 rings (SSSR count). The van der Waals surface area contributed by atoms with Crippen molar-refractivity contribution < 1.29 is 22.7 Å². The van der Waals surface area contributed by atoms with Crippen molar-refractivity contribution >= 4 is 33.7 Å². The number of allylic oxidation sites excluding steroid dienone is 2. The molecule has 150 valence electrons. The van der Waals surface area contributed by atoms with Crippen LogP contribution in [0.3, 0.4) is 0 Å². The summed E-state index contributed by atoms with van der Waals surface area (Å²) in [5.74, 6) is -0.945. The summed E-state index contributed by atoms with van der Waals surface area (Å²) in [6, 6.07) is 15.0. The first-order chi connectivity index (χ1) is 13.8. The third kappa shape index (κ3) is 4.88. The van der Waals surface area contributed by atoms with Crippen LogP contribution in [0.4, 0.5) is 5.69 Å². The van der Waals surface area contributed by atoms with Gasteiger partial charge in [0.05, 0.1) is 5.57 Å². The van der Waals surface area contributed by atoms with Gasteiger partial charge in [-0.05, 0) is 35.7 Å². The Balaban J connectivity index is 1.78. The maximum Gasteiger partial charge on any atom is 0.397 e. The third-order valence-corrected chi connectivity index (χ3v) is 5.89. The van der Waals surface area contributed by atoms with Gasteiger partial charge in [-0.1, -0.05) is 35.3 Å². The highest BCUT2D eigenvalue weighted by molar-refractivity contribution is 7.84. The largest absolute Gasteiger partial charge is 0.511 e. The first-order valence-corrected chi connectivity index (χ1v) is 10.3. The molecule has 0 aliphatic heterocycles. The number of benzene rings is 2. The second-order valence-corrected chi connectivity index (χ2v) is 8.30. The minimum absolute atomic E-state index is 0.0202. The number of aliphatic hydroxyl groups excluding tert-OH is 1. The zero-order valence-electron chi connectivity index (χ0n) is 15.4. The summed E-state index contributed by atoms with van der Waals surface area (Å²) in [6.45, 7) is 0. The van der Waals surface area contributed by atoms with Gasteiger partial charge in [-0.3, -0.25) is 10.5 Å². The predicted molar refractivity (Wildman–Crippen MR) is 110 cm³/mol. The van der Waals surface area contributed by atoms with E-state index in [0.29, 0.717) is 5.69 Å². The Morgan fingerprint density at radius 1 is 1.10 bits per heavy atom. The second-order valence-electron chi connectivity index (χ2n) is 6.62. The fourth-order valence-electron chi connectivity index (χ4n) is 3.02. The number of carbonyl (C=O) groups is 1. The molecule has 1 atom stereocenters. The van der Waals surface area contributed by atoms with Crippen molar-refractivity contribution in [2.45, 2.75) is 23.7 Å². The monoisotopic (exact) mass is 413 g/mol. The number of nitrogens with one attached hydrogen (secondary N) is 1. The molecule has 1 aliphatic carbocycles. The van der Waals surface area contributed by atoms with Gasteiger partial charge in [0.15, 0.2) is 5.78 Å². The molecule has 0 spiro atoms. The summed E-state index contributed by atoms with van der Waals surface area (Å²) in [7, 11) is -3.95. The first-order valence-electron chi connectivity index (χ1n) is 8.81. The number of carbonyl (C=O) groups excluding carboxylic acids is 1. The maximum absolute atomic E-state index is 12.4. The molecule has 2 aromatic carbocycles. The lowest BCUT2D eigenvalue weighted by molar-refractivity contribution is -0.269. The molecule has 8 nitrogen and oxygen atoms in total. The molecule has 0 aromatic heterocycles. The lowest BCUT2D eigenvalue weighted by Crippen LogP contribution is -2.78. The fraction of sp³-hybridized carbons (Fsp3) is 0.150. The van der Waals surface area contributed by atoms with Crippen molar-refractivity contribution in [3.63, 3.8) is 0 Å². The van der Waals surface area contributed by atoms with Crippen molar-refractivity contribution in [1.82, 2.24) is 0 Å². The Hall–Kier alpha value is -3.46. The number of aliphatic hydroxyl groups is 1. The highest BCUT2D eigenvalue weighted by Gasteiger charge is 2.28. The first kappa shape index (κ1) is 20.3. The number of nitrogens with two attached hydrogens (primary N) is 2. The molecular formula is C20H21N4O4S+. The average Bonchev–Trinajstić information content (AvgIpc) is 2.68. The summed E-state index contributed by atoms with van der Waals surface area (Å²) in [5.41, 5.74) is 12.6. The molecule has 0 bridgehead atoms. The van der Waals surface area contributed by atoms with Gasteiger partial charge in [0.1, 0.15) is 16.9 Å². The van der Waals surface area contributed by atoms with Gasteiger partial charge >= 0.3 is 16.0 Å². The lowest BCUT2D eigenvalue weighted by Gasteiger charge is -2.21. The predicted octanol–water partition coefficient (Wildman–Crippen LogP) is 0.382. The van der Waals surface area contributed by atoms with Crippen LogP contribution in [-0.4, -0.2) is 31.5 Å². The van der Waals surface area contributed by atoms with Crippen molar-refractivity contribution in [3.8, 4) is 0 Å². The molecule has 0 saturated carbocycles. The van der Waals surface area contributed by atoms with Crippen molar-refractivity contribution in [2.75, 3.05) is 5.73 Å². The van der Waals surface area contributed by atoms with Crippen LogP contribution in [0.15, 0.2) is 75.8 Å². The summed E-state index contributed by atoms with van der Waals surface area (Å²) in [5, 5.41) is 10.3. The van der Waals surface area contributed by atoms with Crippen LogP contribution in [-0.2, 0) is 14.8 Å². The molecule has 0 amide bonds. The second kappa shape index (κ2) is 8.27. The molecule has 1 unspecified atom stereocenters. The molecule has 0 fully saturated rings. The van der Waals surface area contributed by atoms with E-state index in [-0.39, 0.29) is 40.8 Å². The number of hydrogen-bond donors (Lipinski definition) is 4. The quantitative estimate of drug-likeness (QED) is 0.323. The minimum Gasteiger partial charge on any atom is -0.511 e. The zero-order chi connectivity index (χ0) is 21.0. The maximum atomic E-state index is 12.4. The summed E-state index contributed by atoms with van der Waals surface area (Å²) < 4.78 is 26.7. The van der Waals surface area contributed by atoms with E-state index in [1.165, 1.54) is 24.3 Å². The van der Waals surface area contributed by atoms with E-state index < -0.39 is 16.0 Å². The number of guanidine groups is 1. The average molecular weight is 413 g/mol. The Bertz CT molecular complexity index is 1100. The van der Waals surface area contributed by atoms with Crippen LogP contribution in [0.25, 0.3) is 0 Å². The van der Waals surface area contributed by atoms with Gasteiger partial charge in [0, 0.05) is 18.5 Å². The molecular weight excluding hydrogens is 392 g/mol. The Morgan fingerprint density at radius 2 is 1.76 bits per heavy atom. The number of hydrogen-bond acceptors (Lipinski definition) is 5. The van der Waals surface area contributed by atoms with E-state index in [4.69, 9.17) is 11.5 Å². The molecule has 6 N–H and O–H groups in total. The van der Waals surface area contributed by atoms with Gasteiger partial charge in [0.25, 0.3) is 0 Å². The topological polar surface area (TPSA) is 150 Å². The molecule has 2 aromatic rings. The van der Waals surface area contributed by atoms with Gasteiger partial charge in [-0.25, -0.2) is 0 Å². The van der Waals surface area contributed by atoms with Gasteiger partial charge in [-0.2, -0.15) is 12.8 Å². The Labute approximate surface area is 168 Å². The zero-order valence-corrected chi connectivity index (χ0v) is 16.3. The highest BCUT2D eigenvalue weighted by atomic mass is 32.2. The van der Waals surface area contributed by atoms with E-state index in [0.717, 1.165) is 11.8 Å². The van der Waals surface area contributed by atoms with Crippen molar-refractivity contribution in [3.05, 3.63) is 71.5 Å². The van der Waals surface area contributed by atoms with E-state index in [1.54, 1.807) is 0 Å². The number of ketones is 1. The SMILES string of the molecule is NC(/N=C/C1=C(O)CC(c2ccccc2)CC1=O)=[NH+]S(=O)(=O)c1ccc(N)cc1. The van der Waals surface area contributed by atoms with Crippen molar-refractivity contribution in [1.29, 1.82) is 0 Å². The van der Waals surface area contributed by atoms with E-state index in [1.807, 2.05) is 30.3 Å². The molecule has 9 heteroatoms. The highest BCUT2D eigenvalue weighted by Crippen LogP contribution is 2.32. The number of anilines is 1. The number of aliphatic imine (C=N–C) groups is 1. The summed E-state index contributed by atoms with van der Waals surface area (Å²) >= 11 is 0. The molecule has 0 saturated heterocycles. The molecule has 0 heterocycles. The number of sulfonamides is 1. The molecule has 1 aliphatic rings. The van der Waals surface area contributed by atoms with Crippen LogP contribution >= 0.6 is 0 Å². The van der Waals surface area contributed by atoms with Crippen LogP contribution in [0, 0.1) is 0 Å². The smallest absolute Gasteiger partial charge is 0.397 e. The Kier molecular flexibility index (Phi) is 5.79. The number of Topliss-reactive ketones (excluding diaryl/α,β-unsaturated/α-hetero) is 1. The van der Waals surface area contributed by atoms with Gasteiger partial charge in [0.2, 0.25) is 0 Å². The van der Waals surface area contributed by atoms with E-state index in [2.05, 4.69) is 9.39 Å². The van der Waals surface area contributed by atoms with E-state index >= 15 is 0 Å². The van der Waals surface area contributed by atoms with Crippen LogP contribution in [0.1, 0.15) is 24.3 Å². The number of nitrogens with zero attached hydrogens (tertiary/aromatic N) is 1. The third-order valence-electron chi connectivity index (χ3n) is 4.52. The van der Waals surface area contributed by atoms with Crippen LogP contribution in [0.5, 0.6) is 0 Å². The summed E-state index contributed by atoms with van der Waals surface area (Å²) in [4.78, 5) is 16.2. The fourth-order valence-corrected chi connectivity index (χ4v) is 3.96. The summed E-state index contributed by atoms with van der Waals surface area (Å²) in [6.07, 6.45) is 1.58. The Morgan fingerprint density at radius 3 is 2.38 bits per heavy atom. The van der Waals surface area contributed by atoms with Gasteiger partial charge in [-0.15, -0.1) is 0 Å². The number of rotatable bonds is 4. The normalized spacial score (nSPS) is 18.4. The number of nitrogen functional groups attached to an aromatic ring is 1. The minimum atomic E-state index is -3.95. The lowest BCUT2D eigenvalue weighted by atomic mass is 9.83. The van der Waals surface area contributed by atoms with Gasteiger partial charge < -0.3 is 10.8 Å². The van der Waals surface area contributed by atoms with Crippen LogP contribution < -0.4 is 15.9 Å². The van der Waals surface area contributed by atoms with Crippen LogP contribution in [0.2, 0.25) is 0 Å².